The lowest BCUT2D eigenvalue weighted by atomic mass is 9.97. The number of aromatic nitrogens is 2. The summed E-state index contributed by atoms with van der Waals surface area (Å²) in [7, 11) is 0. The minimum Gasteiger partial charge on any atom is -0.362 e. The smallest absolute Gasteiger partial charge is 0.362 e. The Bertz CT molecular complexity index is 1180. The van der Waals surface area contributed by atoms with Crippen molar-refractivity contribution in [2.24, 2.45) is 0 Å². The molecule has 0 aliphatic carbocycles. The molecule has 0 spiro atoms. The standard InChI is InChI=1S/C20H13BrCl3F3N4O/c21-10-3-1-9(2-4-10)13-8-15(20(25,26)27)31-18(28-13)16(24)17(30-31)19(32)29-14-7-11(22)5-6-12(14)23/h1-7,13,15,28H,8H2,(H,29,32)/t13-,15-/m1/s1. The third-order valence-electron chi connectivity index (χ3n) is 4.96. The van der Waals surface area contributed by atoms with E-state index in [-0.39, 0.29) is 33.7 Å². The van der Waals surface area contributed by atoms with Crippen LogP contribution in [-0.2, 0) is 0 Å². The van der Waals surface area contributed by atoms with E-state index in [1.165, 1.54) is 18.2 Å². The number of nitrogens with one attached hydrogen (secondary N) is 2. The van der Waals surface area contributed by atoms with Crippen molar-refractivity contribution in [2.45, 2.75) is 24.7 Å². The van der Waals surface area contributed by atoms with E-state index in [1.807, 2.05) is 0 Å². The van der Waals surface area contributed by atoms with Gasteiger partial charge in [0, 0.05) is 15.9 Å². The maximum atomic E-state index is 13.9. The molecule has 0 fully saturated rings. The van der Waals surface area contributed by atoms with E-state index in [9.17, 15) is 18.0 Å². The maximum absolute atomic E-state index is 13.9. The maximum Gasteiger partial charge on any atom is 0.410 e. The van der Waals surface area contributed by atoms with Crippen molar-refractivity contribution in [2.75, 3.05) is 10.6 Å². The molecule has 2 atom stereocenters. The van der Waals surface area contributed by atoms with Crippen LogP contribution in [0.1, 0.15) is 34.6 Å². The molecule has 5 nitrogen and oxygen atoms in total. The van der Waals surface area contributed by atoms with Crippen LogP contribution in [0.3, 0.4) is 0 Å². The molecule has 168 valence electrons. The molecule has 32 heavy (non-hydrogen) atoms. The van der Waals surface area contributed by atoms with Crippen molar-refractivity contribution in [3.63, 3.8) is 0 Å². The molecule has 0 radical (unpaired) electrons. The monoisotopic (exact) mass is 566 g/mol. The number of nitrogens with zero attached hydrogens (tertiary/aromatic N) is 2. The first-order chi connectivity index (χ1) is 15.0. The Hall–Kier alpha value is -1.94. The molecule has 1 aromatic heterocycles. The summed E-state index contributed by atoms with van der Waals surface area (Å²) in [5, 5.41) is 9.66. The fourth-order valence-electron chi connectivity index (χ4n) is 3.42. The molecule has 3 aromatic rings. The van der Waals surface area contributed by atoms with Crippen LogP contribution in [0.2, 0.25) is 15.1 Å². The van der Waals surface area contributed by atoms with Crippen molar-refractivity contribution in [1.29, 1.82) is 0 Å². The number of fused-ring (bicyclic) bond motifs is 1. The average molecular weight is 569 g/mol. The largest absolute Gasteiger partial charge is 0.410 e. The van der Waals surface area contributed by atoms with Crippen LogP contribution in [0.4, 0.5) is 24.7 Å². The first-order valence-corrected chi connectivity index (χ1v) is 11.1. The number of alkyl halides is 3. The van der Waals surface area contributed by atoms with Gasteiger partial charge in [0.15, 0.2) is 11.7 Å². The molecule has 2 aromatic carbocycles. The van der Waals surface area contributed by atoms with Crippen molar-refractivity contribution >= 4 is 68.1 Å². The molecule has 0 bridgehead atoms. The molecular formula is C20H13BrCl3F3N4O. The van der Waals surface area contributed by atoms with Crippen LogP contribution < -0.4 is 10.6 Å². The van der Waals surface area contributed by atoms with Gasteiger partial charge in [0.25, 0.3) is 5.91 Å². The van der Waals surface area contributed by atoms with Gasteiger partial charge in [-0.15, -0.1) is 0 Å². The molecule has 1 aliphatic rings. The molecule has 2 heterocycles. The van der Waals surface area contributed by atoms with Crippen LogP contribution in [-0.4, -0.2) is 21.9 Å². The van der Waals surface area contributed by atoms with E-state index in [2.05, 4.69) is 31.7 Å². The lowest BCUT2D eigenvalue weighted by Gasteiger charge is -2.33. The Kier molecular flexibility index (Phi) is 6.37. The number of rotatable bonds is 3. The second kappa shape index (κ2) is 8.78. The highest BCUT2D eigenvalue weighted by Gasteiger charge is 2.47. The first kappa shape index (κ1) is 23.2. The normalized spacial score (nSPS) is 18.1. The lowest BCUT2D eigenvalue weighted by molar-refractivity contribution is -0.173. The number of carbonyl (C=O) groups is 1. The highest BCUT2D eigenvalue weighted by molar-refractivity contribution is 9.10. The molecule has 4 rings (SSSR count). The van der Waals surface area contributed by atoms with E-state index < -0.39 is 24.2 Å². The molecule has 12 heteroatoms. The van der Waals surface area contributed by atoms with Crippen molar-refractivity contribution in [3.8, 4) is 0 Å². The minimum absolute atomic E-state index is 0.0875. The van der Waals surface area contributed by atoms with E-state index in [4.69, 9.17) is 34.8 Å². The summed E-state index contributed by atoms with van der Waals surface area (Å²) in [5.41, 5.74) is 0.456. The quantitative estimate of drug-likeness (QED) is 0.344. The van der Waals surface area contributed by atoms with Gasteiger partial charge in [-0.05, 0) is 35.9 Å². The Morgan fingerprint density at radius 1 is 1.16 bits per heavy atom. The Morgan fingerprint density at radius 2 is 1.84 bits per heavy atom. The summed E-state index contributed by atoms with van der Waals surface area (Å²) < 4.78 is 43.2. The summed E-state index contributed by atoms with van der Waals surface area (Å²) >= 11 is 21.6. The zero-order valence-corrected chi connectivity index (χ0v) is 19.7. The van der Waals surface area contributed by atoms with Crippen LogP contribution in [0, 0.1) is 0 Å². The van der Waals surface area contributed by atoms with Crippen LogP contribution >= 0.6 is 50.7 Å². The second-order valence-electron chi connectivity index (χ2n) is 7.08. The van der Waals surface area contributed by atoms with Gasteiger partial charge in [-0.3, -0.25) is 4.79 Å². The predicted molar refractivity (Wildman–Crippen MR) is 122 cm³/mol. The number of hydrogen-bond acceptors (Lipinski definition) is 3. The molecule has 1 amide bonds. The number of halogens is 7. The van der Waals surface area contributed by atoms with Crippen molar-refractivity contribution in [3.05, 3.63) is 73.3 Å². The SMILES string of the molecule is O=C(Nc1cc(Cl)ccc1Cl)c1nn2c(c1Cl)N[C@@H](c1ccc(Br)cc1)C[C@@H]2C(F)(F)F. The summed E-state index contributed by atoms with van der Waals surface area (Å²) in [6.07, 6.45) is -4.93. The number of carbonyl (C=O) groups excluding carboxylic acids is 1. The summed E-state index contributed by atoms with van der Waals surface area (Å²) in [5.74, 6) is -0.903. The highest BCUT2D eigenvalue weighted by Crippen LogP contribution is 2.46. The van der Waals surface area contributed by atoms with E-state index in [1.54, 1.807) is 24.3 Å². The molecule has 0 saturated carbocycles. The molecule has 1 aliphatic heterocycles. The van der Waals surface area contributed by atoms with Crippen molar-refractivity contribution < 1.29 is 18.0 Å². The average Bonchev–Trinajstić information content (AvgIpc) is 3.06. The predicted octanol–water partition coefficient (Wildman–Crippen LogP) is 7.52. The Morgan fingerprint density at radius 3 is 2.50 bits per heavy atom. The fraction of sp³-hybridized carbons (Fsp3) is 0.200. The zero-order valence-electron chi connectivity index (χ0n) is 15.9. The Balaban J connectivity index is 1.71. The minimum atomic E-state index is -4.61. The van der Waals surface area contributed by atoms with Crippen LogP contribution in [0.15, 0.2) is 46.9 Å². The van der Waals surface area contributed by atoms with Crippen LogP contribution in [0.25, 0.3) is 0 Å². The van der Waals surface area contributed by atoms with Gasteiger partial charge in [-0.1, -0.05) is 62.9 Å². The van der Waals surface area contributed by atoms with Crippen molar-refractivity contribution in [1.82, 2.24) is 9.78 Å². The summed E-state index contributed by atoms with van der Waals surface area (Å²) in [4.78, 5) is 12.8. The van der Waals surface area contributed by atoms with Gasteiger partial charge < -0.3 is 10.6 Å². The van der Waals surface area contributed by atoms with Gasteiger partial charge >= 0.3 is 6.18 Å². The number of hydrogen-bond donors (Lipinski definition) is 2. The Labute approximate surface area is 204 Å². The number of amides is 1. The third-order valence-corrected chi connectivity index (χ3v) is 6.41. The topological polar surface area (TPSA) is 59.0 Å². The van der Waals surface area contributed by atoms with E-state index in [0.717, 1.165) is 4.47 Å². The lowest BCUT2D eigenvalue weighted by Crippen LogP contribution is -2.35. The van der Waals surface area contributed by atoms with Gasteiger partial charge in [0.05, 0.1) is 16.8 Å². The fourth-order valence-corrected chi connectivity index (χ4v) is 4.29. The van der Waals surface area contributed by atoms with E-state index in [0.29, 0.717) is 15.3 Å². The third kappa shape index (κ3) is 4.57. The van der Waals surface area contributed by atoms with E-state index >= 15 is 0 Å². The van der Waals surface area contributed by atoms with Gasteiger partial charge in [0.2, 0.25) is 0 Å². The highest BCUT2D eigenvalue weighted by atomic mass is 79.9. The molecule has 0 unspecified atom stereocenters. The van der Waals surface area contributed by atoms with Gasteiger partial charge in [0.1, 0.15) is 10.8 Å². The number of anilines is 2. The van der Waals surface area contributed by atoms with Gasteiger partial charge in [-0.25, -0.2) is 4.68 Å². The molecular weight excluding hydrogens is 556 g/mol. The summed E-state index contributed by atoms with van der Waals surface area (Å²) in [6.45, 7) is 0. The molecule has 0 saturated heterocycles. The first-order valence-electron chi connectivity index (χ1n) is 9.17. The molecule has 2 N–H and O–H groups in total. The van der Waals surface area contributed by atoms with Gasteiger partial charge in [-0.2, -0.15) is 18.3 Å². The zero-order chi connectivity index (χ0) is 23.2. The van der Waals surface area contributed by atoms with Crippen LogP contribution in [0.5, 0.6) is 0 Å². The second-order valence-corrected chi connectivity index (χ2v) is 9.21. The number of benzene rings is 2. The summed E-state index contributed by atoms with van der Waals surface area (Å²) in [6, 6.07) is 8.66.